The van der Waals surface area contributed by atoms with E-state index in [9.17, 15) is 0 Å². The van der Waals surface area contributed by atoms with Gasteiger partial charge < -0.3 is 5.32 Å². The topological polar surface area (TPSA) is 24.9 Å². The quantitative estimate of drug-likeness (QED) is 0.841. The minimum absolute atomic E-state index is 0.265. The van der Waals surface area contributed by atoms with Crippen molar-refractivity contribution in [3.05, 3.63) is 44.1 Å². The Kier molecular flexibility index (Phi) is 4.42. The van der Waals surface area contributed by atoms with E-state index < -0.39 is 0 Å². The Morgan fingerprint density at radius 1 is 1.59 bits per heavy atom. The van der Waals surface area contributed by atoms with Gasteiger partial charge in [-0.05, 0) is 39.9 Å². The van der Waals surface area contributed by atoms with Crippen LogP contribution in [0.5, 0.6) is 0 Å². The molecular formula is C12H12BrClN2S. The monoisotopic (exact) mass is 330 g/mol. The normalized spacial score (nSPS) is 12.4. The smallest absolute Gasteiger partial charge is 0.145 e. The summed E-state index contributed by atoms with van der Waals surface area (Å²) in [4.78, 5) is 5.59. The molecule has 0 aromatic carbocycles. The van der Waals surface area contributed by atoms with Gasteiger partial charge in [0.25, 0.3) is 0 Å². The molecular weight excluding hydrogens is 320 g/mol. The molecule has 0 radical (unpaired) electrons. The third-order valence-corrected chi connectivity index (χ3v) is 4.12. The van der Waals surface area contributed by atoms with E-state index in [2.05, 4.69) is 50.7 Å². The van der Waals surface area contributed by atoms with Crippen LogP contribution in [0.2, 0.25) is 5.02 Å². The molecule has 2 rings (SSSR count). The third kappa shape index (κ3) is 3.21. The molecule has 0 aliphatic heterocycles. The zero-order valence-electron chi connectivity index (χ0n) is 9.28. The SMILES string of the molecule is CCC(Nc1ncc(Br)cc1Cl)c1cccs1. The van der Waals surface area contributed by atoms with Gasteiger partial charge in [0, 0.05) is 15.5 Å². The van der Waals surface area contributed by atoms with Crippen LogP contribution in [0, 0.1) is 0 Å². The lowest BCUT2D eigenvalue weighted by Gasteiger charge is -2.17. The highest BCUT2D eigenvalue weighted by atomic mass is 79.9. The van der Waals surface area contributed by atoms with Crippen LogP contribution in [-0.4, -0.2) is 4.98 Å². The molecule has 0 fully saturated rings. The molecule has 2 nitrogen and oxygen atoms in total. The summed E-state index contributed by atoms with van der Waals surface area (Å²) in [6.07, 6.45) is 2.74. The fraction of sp³-hybridized carbons (Fsp3) is 0.250. The average Bonchev–Trinajstić information content (AvgIpc) is 2.81. The highest BCUT2D eigenvalue weighted by Crippen LogP contribution is 2.29. The highest BCUT2D eigenvalue weighted by molar-refractivity contribution is 9.10. The van der Waals surface area contributed by atoms with Crippen LogP contribution in [0.15, 0.2) is 34.2 Å². The summed E-state index contributed by atoms with van der Waals surface area (Å²) in [7, 11) is 0. The summed E-state index contributed by atoms with van der Waals surface area (Å²) < 4.78 is 0.886. The molecule has 0 aliphatic carbocycles. The third-order valence-electron chi connectivity index (χ3n) is 2.41. The van der Waals surface area contributed by atoms with Crippen LogP contribution in [0.25, 0.3) is 0 Å². The number of pyridine rings is 1. The Morgan fingerprint density at radius 2 is 2.41 bits per heavy atom. The zero-order chi connectivity index (χ0) is 12.3. The van der Waals surface area contributed by atoms with E-state index in [-0.39, 0.29) is 6.04 Å². The Balaban J connectivity index is 2.19. The summed E-state index contributed by atoms with van der Waals surface area (Å²) >= 11 is 11.2. The second kappa shape index (κ2) is 5.85. The van der Waals surface area contributed by atoms with Crippen LogP contribution in [0.3, 0.4) is 0 Å². The van der Waals surface area contributed by atoms with Gasteiger partial charge >= 0.3 is 0 Å². The summed E-state index contributed by atoms with van der Waals surface area (Å²) in [5.41, 5.74) is 0. The molecule has 1 atom stereocenters. The van der Waals surface area contributed by atoms with E-state index in [1.54, 1.807) is 17.5 Å². The van der Waals surface area contributed by atoms with Gasteiger partial charge in [-0.25, -0.2) is 4.98 Å². The number of aromatic nitrogens is 1. The zero-order valence-corrected chi connectivity index (χ0v) is 12.4. The van der Waals surface area contributed by atoms with E-state index in [1.165, 1.54) is 4.88 Å². The summed E-state index contributed by atoms with van der Waals surface area (Å²) in [6, 6.07) is 6.29. The Bertz CT molecular complexity index is 487. The van der Waals surface area contributed by atoms with Crippen molar-refractivity contribution in [3.8, 4) is 0 Å². The number of nitrogens with one attached hydrogen (secondary N) is 1. The molecule has 0 aliphatic rings. The second-order valence-electron chi connectivity index (χ2n) is 3.60. The van der Waals surface area contributed by atoms with Gasteiger partial charge in [-0.3, -0.25) is 0 Å². The van der Waals surface area contributed by atoms with Gasteiger partial charge in [0.2, 0.25) is 0 Å². The van der Waals surface area contributed by atoms with E-state index in [1.807, 2.05) is 6.07 Å². The van der Waals surface area contributed by atoms with Gasteiger partial charge in [0.1, 0.15) is 5.82 Å². The van der Waals surface area contributed by atoms with Crippen molar-refractivity contribution in [3.63, 3.8) is 0 Å². The average molecular weight is 332 g/mol. The number of anilines is 1. The first-order chi connectivity index (χ1) is 8.20. The van der Waals surface area contributed by atoms with Crippen molar-refractivity contribution in [2.45, 2.75) is 19.4 Å². The van der Waals surface area contributed by atoms with E-state index in [4.69, 9.17) is 11.6 Å². The van der Waals surface area contributed by atoms with Crippen molar-refractivity contribution in [1.29, 1.82) is 0 Å². The number of nitrogens with zero attached hydrogens (tertiary/aromatic N) is 1. The summed E-state index contributed by atoms with van der Waals surface area (Å²) in [5, 5.41) is 6.09. The van der Waals surface area contributed by atoms with Crippen LogP contribution in [0.1, 0.15) is 24.3 Å². The van der Waals surface area contributed by atoms with Gasteiger partial charge in [-0.15, -0.1) is 11.3 Å². The fourth-order valence-corrected chi connectivity index (χ4v) is 3.09. The summed E-state index contributed by atoms with van der Waals surface area (Å²) in [6.45, 7) is 2.14. The summed E-state index contributed by atoms with van der Waals surface area (Å²) in [5.74, 6) is 0.732. The molecule has 90 valence electrons. The first-order valence-electron chi connectivity index (χ1n) is 5.31. The largest absolute Gasteiger partial charge is 0.361 e. The first-order valence-corrected chi connectivity index (χ1v) is 7.36. The minimum Gasteiger partial charge on any atom is -0.361 e. The Hall–Kier alpha value is -0.580. The number of hydrogen-bond donors (Lipinski definition) is 1. The first kappa shape index (κ1) is 12.9. The highest BCUT2D eigenvalue weighted by Gasteiger charge is 2.12. The lowest BCUT2D eigenvalue weighted by molar-refractivity contribution is 0.759. The molecule has 1 N–H and O–H groups in total. The van der Waals surface area contributed by atoms with Crippen molar-refractivity contribution in [2.75, 3.05) is 5.32 Å². The molecule has 0 saturated carbocycles. The fourth-order valence-electron chi connectivity index (χ4n) is 1.55. The van der Waals surface area contributed by atoms with E-state index in [0.717, 1.165) is 16.7 Å². The Morgan fingerprint density at radius 3 is 3.00 bits per heavy atom. The molecule has 0 bridgehead atoms. The number of rotatable bonds is 4. The molecule has 1 unspecified atom stereocenters. The maximum Gasteiger partial charge on any atom is 0.145 e. The molecule has 2 aromatic heterocycles. The van der Waals surface area contributed by atoms with Gasteiger partial charge in [0.05, 0.1) is 11.1 Å². The Labute approximate surface area is 118 Å². The van der Waals surface area contributed by atoms with Gasteiger partial charge in [-0.2, -0.15) is 0 Å². The molecule has 0 saturated heterocycles. The lowest BCUT2D eigenvalue weighted by atomic mass is 10.2. The van der Waals surface area contributed by atoms with Crippen molar-refractivity contribution in [2.24, 2.45) is 0 Å². The van der Waals surface area contributed by atoms with E-state index >= 15 is 0 Å². The number of hydrogen-bond acceptors (Lipinski definition) is 3. The maximum absolute atomic E-state index is 6.14. The van der Waals surface area contributed by atoms with Gasteiger partial charge in [0.15, 0.2) is 0 Å². The van der Waals surface area contributed by atoms with E-state index in [0.29, 0.717) is 5.02 Å². The number of thiophene rings is 1. The van der Waals surface area contributed by atoms with Crippen LogP contribution in [0.4, 0.5) is 5.82 Å². The van der Waals surface area contributed by atoms with Crippen LogP contribution < -0.4 is 5.32 Å². The molecule has 5 heteroatoms. The molecule has 2 aromatic rings. The maximum atomic E-state index is 6.14. The second-order valence-corrected chi connectivity index (χ2v) is 5.91. The number of halogens is 2. The predicted octanol–water partition coefficient (Wildman–Crippen LogP) is 5.12. The molecule has 0 amide bonds. The van der Waals surface area contributed by atoms with Crippen molar-refractivity contribution in [1.82, 2.24) is 4.98 Å². The molecule has 17 heavy (non-hydrogen) atoms. The minimum atomic E-state index is 0.265. The lowest BCUT2D eigenvalue weighted by Crippen LogP contribution is -2.09. The predicted molar refractivity (Wildman–Crippen MR) is 77.9 cm³/mol. The van der Waals surface area contributed by atoms with Crippen LogP contribution >= 0.6 is 38.9 Å². The van der Waals surface area contributed by atoms with Crippen molar-refractivity contribution < 1.29 is 0 Å². The van der Waals surface area contributed by atoms with Gasteiger partial charge in [-0.1, -0.05) is 24.6 Å². The molecule has 2 heterocycles. The standard InChI is InChI=1S/C12H12BrClN2S/c1-2-10(11-4-3-5-17-11)16-12-9(14)6-8(13)7-15-12/h3-7,10H,2H2,1H3,(H,15,16). The molecule has 0 spiro atoms. The van der Waals surface area contributed by atoms with Crippen LogP contribution in [-0.2, 0) is 0 Å². The van der Waals surface area contributed by atoms with Crippen molar-refractivity contribution >= 4 is 44.7 Å².